The van der Waals surface area contributed by atoms with Crippen LogP contribution in [-0.4, -0.2) is 41.1 Å². The van der Waals surface area contributed by atoms with Crippen LogP contribution in [-0.2, 0) is 17.8 Å². The van der Waals surface area contributed by atoms with Crippen molar-refractivity contribution in [3.8, 4) is 11.3 Å². The monoisotopic (exact) mass is 435 g/mol. The molecule has 3 heterocycles. The Bertz CT molecular complexity index is 1130. The highest BCUT2D eigenvalue weighted by atomic mass is 19.1. The third-order valence-corrected chi connectivity index (χ3v) is 5.56. The number of aromatic nitrogens is 2. The number of rotatable bonds is 6. The van der Waals surface area contributed by atoms with E-state index in [9.17, 15) is 9.18 Å². The van der Waals surface area contributed by atoms with E-state index in [-0.39, 0.29) is 11.8 Å². The van der Waals surface area contributed by atoms with Gasteiger partial charge in [-0.2, -0.15) is 0 Å². The quantitative estimate of drug-likeness (QED) is 0.610. The van der Waals surface area contributed by atoms with Gasteiger partial charge in [0.2, 0.25) is 0 Å². The maximum absolute atomic E-state index is 13.4. The first-order chi connectivity index (χ1) is 15.4. The summed E-state index contributed by atoms with van der Waals surface area (Å²) in [4.78, 5) is 23.2. The van der Waals surface area contributed by atoms with Crippen LogP contribution in [0.5, 0.6) is 0 Å². The average Bonchev–Trinajstić information content (AvgIpc) is 2.73. The zero-order chi connectivity index (χ0) is 22.7. The number of urea groups is 1. The van der Waals surface area contributed by atoms with Gasteiger partial charge in [-0.25, -0.2) is 14.2 Å². The third-order valence-electron chi connectivity index (χ3n) is 5.56. The molecule has 1 aromatic carbocycles. The maximum atomic E-state index is 13.4. The van der Waals surface area contributed by atoms with Crippen molar-refractivity contribution in [1.29, 1.82) is 0 Å². The van der Waals surface area contributed by atoms with E-state index in [2.05, 4.69) is 15.3 Å². The first-order valence-electron chi connectivity index (χ1n) is 10.4. The Morgan fingerprint density at radius 2 is 2.06 bits per heavy atom. The molecule has 4 rings (SSSR count). The number of nitrogen functional groups attached to an aromatic ring is 1. The number of anilines is 2. The molecule has 0 bridgehead atoms. The SMILES string of the molecule is COCc1cc(CC2CN(C(=O)Nc3nc(-c4ccc(F)cc4C)ccc3N)C2)ccn1. The molecule has 8 heteroatoms. The molecule has 0 saturated carbocycles. The van der Waals surface area contributed by atoms with E-state index < -0.39 is 0 Å². The second-order valence-electron chi connectivity index (χ2n) is 8.09. The fraction of sp³-hybridized carbons (Fsp3) is 0.292. The lowest BCUT2D eigenvalue weighted by molar-refractivity contribution is 0.131. The molecule has 7 nitrogen and oxygen atoms in total. The van der Waals surface area contributed by atoms with Crippen LogP contribution in [0.1, 0.15) is 16.8 Å². The minimum Gasteiger partial charge on any atom is -0.396 e. The summed E-state index contributed by atoms with van der Waals surface area (Å²) >= 11 is 0. The second kappa shape index (κ2) is 9.32. The van der Waals surface area contributed by atoms with Gasteiger partial charge in [0.15, 0.2) is 5.82 Å². The second-order valence-corrected chi connectivity index (χ2v) is 8.09. The number of carbonyl (C=O) groups excluding carboxylic acids is 1. The van der Waals surface area contributed by atoms with E-state index in [0.717, 1.165) is 23.2 Å². The number of nitrogens with two attached hydrogens (primary N) is 1. The predicted molar refractivity (Wildman–Crippen MR) is 122 cm³/mol. The van der Waals surface area contributed by atoms with E-state index in [0.29, 0.717) is 42.8 Å². The number of benzene rings is 1. The summed E-state index contributed by atoms with van der Waals surface area (Å²) in [6, 6.07) is 11.8. The molecule has 32 heavy (non-hydrogen) atoms. The number of nitrogens with zero attached hydrogens (tertiary/aromatic N) is 3. The Hall–Kier alpha value is -3.52. The molecular formula is C24H26FN5O2. The highest BCUT2D eigenvalue weighted by molar-refractivity contribution is 5.92. The number of hydrogen-bond donors (Lipinski definition) is 2. The van der Waals surface area contributed by atoms with Gasteiger partial charge in [0.1, 0.15) is 5.82 Å². The van der Waals surface area contributed by atoms with Crippen LogP contribution in [0.2, 0.25) is 0 Å². The van der Waals surface area contributed by atoms with Crippen molar-refractivity contribution >= 4 is 17.5 Å². The lowest BCUT2D eigenvalue weighted by Crippen LogP contribution is -2.52. The standard InChI is InChI=1S/C24H26FN5O2/c1-15-9-18(25)3-4-20(15)22-6-5-21(26)23(28-22)29-24(31)30-12-17(13-30)10-16-7-8-27-19(11-16)14-32-2/h3-9,11,17H,10,12-14,26H2,1-2H3,(H,28,29,31). The van der Waals surface area contributed by atoms with E-state index in [4.69, 9.17) is 10.5 Å². The fourth-order valence-corrected chi connectivity index (χ4v) is 3.89. The molecule has 2 amide bonds. The van der Waals surface area contributed by atoms with E-state index >= 15 is 0 Å². The number of amides is 2. The minimum absolute atomic E-state index is 0.233. The van der Waals surface area contributed by atoms with Gasteiger partial charge in [0, 0.05) is 32.0 Å². The van der Waals surface area contributed by atoms with Gasteiger partial charge in [-0.05, 0) is 72.9 Å². The maximum Gasteiger partial charge on any atom is 0.323 e. The largest absolute Gasteiger partial charge is 0.396 e. The molecular weight excluding hydrogens is 409 g/mol. The third kappa shape index (κ3) is 4.86. The van der Waals surface area contributed by atoms with Gasteiger partial charge in [-0.1, -0.05) is 0 Å². The Morgan fingerprint density at radius 3 is 2.81 bits per heavy atom. The smallest absolute Gasteiger partial charge is 0.323 e. The van der Waals surface area contributed by atoms with Crippen LogP contribution in [0.25, 0.3) is 11.3 Å². The molecule has 1 aliphatic heterocycles. The number of ether oxygens (including phenoxy) is 1. The molecule has 2 aromatic heterocycles. The number of likely N-dealkylation sites (tertiary alicyclic amines) is 1. The number of aryl methyl sites for hydroxylation is 1. The number of methoxy groups -OCH3 is 1. The van der Waals surface area contributed by atoms with Gasteiger partial charge >= 0.3 is 6.03 Å². The summed E-state index contributed by atoms with van der Waals surface area (Å²) in [5.41, 5.74) is 10.7. The van der Waals surface area contributed by atoms with Crippen LogP contribution in [0.15, 0.2) is 48.7 Å². The number of halogens is 1. The molecule has 1 aliphatic rings. The summed E-state index contributed by atoms with van der Waals surface area (Å²) < 4.78 is 18.6. The minimum atomic E-state index is -0.302. The predicted octanol–water partition coefficient (Wildman–Crippen LogP) is 4.03. The summed E-state index contributed by atoms with van der Waals surface area (Å²) in [6.07, 6.45) is 2.67. The molecule has 0 spiro atoms. The average molecular weight is 436 g/mol. The zero-order valence-corrected chi connectivity index (χ0v) is 18.1. The lowest BCUT2D eigenvalue weighted by Gasteiger charge is -2.39. The molecule has 0 unspecified atom stereocenters. The van der Waals surface area contributed by atoms with E-state index in [1.54, 1.807) is 36.4 Å². The molecule has 3 aromatic rings. The lowest BCUT2D eigenvalue weighted by atomic mass is 9.92. The highest BCUT2D eigenvalue weighted by Crippen LogP contribution is 2.27. The van der Waals surface area contributed by atoms with Crippen LogP contribution >= 0.6 is 0 Å². The molecule has 3 N–H and O–H groups in total. The molecule has 1 saturated heterocycles. The van der Waals surface area contributed by atoms with Gasteiger partial charge < -0.3 is 15.4 Å². The van der Waals surface area contributed by atoms with Crippen molar-refractivity contribution in [2.24, 2.45) is 5.92 Å². The Labute approximate surface area is 186 Å². The van der Waals surface area contributed by atoms with Crippen molar-refractivity contribution in [3.05, 3.63) is 71.3 Å². The normalized spacial score (nSPS) is 13.7. The summed E-state index contributed by atoms with van der Waals surface area (Å²) in [5, 5.41) is 2.81. The first-order valence-corrected chi connectivity index (χ1v) is 10.4. The summed E-state index contributed by atoms with van der Waals surface area (Å²) in [7, 11) is 1.65. The summed E-state index contributed by atoms with van der Waals surface area (Å²) in [6.45, 7) is 3.61. The van der Waals surface area contributed by atoms with Crippen molar-refractivity contribution < 1.29 is 13.9 Å². The molecule has 0 atom stereocenters. The first kappa shape index (κ1) is 21.7. The van der Waals surface area contributed by atoms with Crippen LogP contribution in [0, 0.1) is 18.7 Å². The van der Waals surface area contributed by atoms with E-state index in [1.807, 2.05) is 19.1 Å². The molecule has 1 fully saturated rings. The summed E-state index contributed by atoms with van der Waals surface area (Å²) in [5.74, 6) is 0.388. The molecule has 0 radical (unpaired) electrons. The number of nitrogens with one attached hydrogen (secondary N) is 1. The van der Waals surface area contributed by atoms with Crippen LogP contribution in [0.4, 0.5) is 20.7 Å². The van der Waals surface area contributed by atoms with E-state index in [1.165, 1.54) is 17.7 Å². The van der Waals surface area contributed by atoms with Gasteiger partial charge in [0.05, 0.1) is 23.7 Å². The number of carbonyl (C=O) groups is 1. The molecule has 0 aliphatic carbocycles. The van der Waals surface area contributed by atoms with Crippen molar-refractivity contribution in [2.75, 3.05) is 31.2 Å². The molecule has 166 valence electrons. The van der Waals surface area contributed by atoms with Crippen LogP contribution in [0.3, 0.4) is 0 Å². The highest BCUT2D eigenvalue weighted by Gasteiger charge is 2.31. The Kier molecular flexibility index (Phi) is 6.32. The van der Waals surface area contributed by atoms with Gasteiger partial charge in [-0.3, -0.25) is 10.3 Å². The number of hydrogen-bond acceptors (Lipinski definition) is 5. The van der Waals surface area contributed by atoms with Crippen molar-refractivity contribution in [2.45, 2.75) is 20.0 Å². The Morgan fingerprint density at radius 1 is 1.25 bits per heavy atom. The van der Waals surface area contributed by atoms with Crippen molar-refractivity contribution in [3.63, 3.8) is 0 Å². The zero-order valence-electron chi connectivity index (χ0n) is 18.1. The van der Waals surface area contributed by atoms with Crippen molar-refractivity contribution in [1.82, 2.24) is 14.9 Å². The Balaban J connectivity index is 1.37. The van der Waals surface area contributed by atoms with Crippen LogP contribution < -0.4 is 11.1 Å². The van der Waals surface area contributed by atoms with Gasteiger partial charge in [0.25, 0.3) is 0 Å². The fourth-order valence-electron chi connectivity index (χ4n) is 3.89. The topological polar surface area (TPSA) is 93.4 Å². The number of pyridine rings is 2. The van der Waals surface area contributed by atoms with Gasteiger partial charge in [-0.15, -0.1) is 0 Å².